The van der Waals surface area contributed by atoms with Crippen molar-refractivity contribution in [3.8, 4) is 0 Å². The minimum absolute atomic E-state index is 0.387. The van der Waals surface area contributed by atoms with Crippen molar-refractivity contribution < 1.29 is 9.90 Å². The van der Waals surface area contributed by atoms with E-state index in [1.165, 1.54) is 44.6 Å². The summed E-state index contributed by atoms with van der Waals surface area (Å²) < 4.78 is 0. The number of hydrogen-bond acceptors (Lipinski definition) is 1. The Morgan fingerprint density at radius 3 is 2.50 bits per heavy atom. The molecule has 0 radical (unpaired) electrons. The molecule has 0 aliphatic heterocycles. The van der Waals surface area contributed by atoms with Crippen LogP contribution in [0.25, 0.3) is 0 Å². The van der Waals surface area contributed by atoms with Crippen LogP contribution < -0.4 is 0 Å². The first-order valence-corrected chi connectivity index (χ1v) is 10.2. The summed E-state index contributed by atoms with van der Waals surface area (Å²) >= 11 is 0. The third kappa shape index (κ3) is 9.79. The van der Waals surface area contributed by atoms with Crippen LogP contribution in [0.2, 0.25) is 0 Å². The van der Waals surface area contributed by atoms with Crippen LogP contribution in [0.3, 0.4) is 0 Å². The van der Waals surface area contributed by atoms with Gasteiger partial charge in [-0.2, -0.15) is 0 Å². The van der Waals surface area contributed by atoms with E-state index in [2.05, 4.69) is 33.8 Å². The summed E-state index contributed by atoms with van der Waals surface area (Å²) in [6.07, 6.45) is 16.8. The average Bonchev–Trinajstić information content (AvgIpc) is 2.55. The zero-order valence-electron chi connectivity index (χ0n) is 18.1. The van der Waals surface area contributed by atoms with Crippen molar-refractivity contribution in [2.24, 2.45) is 11.3 Å². The quantitative estimate of drug-likeness (QED) is 0.276. The van der Waals surface area contributed by atoms with E-state index in [0.29, 0.717) is 11.3 Å². The highest BCUT2D eigenvalue weighted by Crippen LogP contribution is 2.42. The van der Waals surface area contributed by atoms with Crippen LogP contribution >= 0.6 is 0 Å². The fourth-order valence-corrected chi connectivity index (χ4v) is 3.63. The minimum Gasteiger partial charge on any atom is -0.478 e. The van der Waals surface area contributed by atoms with Gasteiger partial charge in [0, 0.05) is 6.08 Å². The molecule has 1 rings (SSSR count). The molecule has 0 aromatic heterocycles. The molecule has 1 aliphatic carbocycles. The van der Waals surface area contributed by atoms with E-state index in [9.17, 15) is 4.79 Å². The molecule has 0 fully saturated rings. The zero-order valence-corrected chi connectivity index (χ0v) is 18.1. The van der Waals surface area contributed by atoms with Gasteiger partial charge in [0.2, 0.25) is 0 Å². The Balaban J connectivity index is 0.00000301. The number of carboxylic acids is 1. The van der Waals surface area contributed by atoms with Crippen molar-refractivity contribution in [3.05, 3.63) is 47.1 Å². The van der Waals surface area contributed by atoms with Crippen molar-refractivity contribution in [2.75, 3.05) is 0 Å². The largest absolute Gasteiger partial charge is 0.478 e. The molecule has 0 spiro atoms. The smallest absolute Gasteiger partial charge is 0.328 e. The van der Waals surface area contributed by atoms with Crippen LogP contribution in [0, 0.1) is 11.3 Å². The number of carboxylic acid groups (broad SMARTS) is 1. The van der Waals surface area contributed by atoms with Gasteiger partial charge in [0.25, 0.3) is 0 Å². The highest BCUT2D eigenvalue weighted by molar-refractivity contribution is 5.81. The van der Waals surface area contributed by atoms with E-state index in [-0.39, 0.29) is 0 Å². The first-order chi connectivity index (χ1) is 12.2. The zero-order chi connectivity index (χ0) is 20.2. The summed E-state index contributed by atoms with van der Waals surface area (Å²) in [5.41, 5.74) is 4.46. The van der Waals surface area contributed by atoms with Gasteiger partial charge in [-0.3, -0.25) is 0 Å². The van der Waals surface area contributed by atoms with Crippen molar-refractivity contribution in [2.45, 2.75) is 87.0 Å². The highest BCUT2D eigenvalue weighted by Gasteiger charge is 2.27. The van der Waals surface area contributed by atoms with Crippen molar-refractivity contribution >= 4 is 5.97 Å². The number of rotatable bonds is 8. The summed E-state index contributed by atoms with van der Waals surface area (Å²) in [6, 6.07) is 0. The molecule has 26 heavy (non-hydrogen) atoms. The SMILES string of the molecule is CC.CC1=C(CCCC(C)C=C/C=C/C(C)=C/C(=O)O)C(C)(C)CCC1. The second-order valence-corrected chi connectivity index (χ2v) is 7.84. The van der Waals surface area contributed by atoms with E-state index < -0.39 is 5.97 Å². The third-order valence-corrected chi connectivity index (χ3v) is 5.03. The van der Waals surface area contributed by atoms with E-state index in [1.54, 1.807) is 18.1 Å². The summed E-state index contributed by atoms with van der Waals surface area (Å²) in [4.78, 5) is 10.5. The fourth-order valence-electron chi connectivity index (χ4n) is 3.63. The van der Waals surface area contributed by atoms with Gasteiger partial charge in [0.1, 0.15) is 0 Å². The normalized spacial score (nSPS) is 18.8. The lowest BCUT2D eigenvalue weighted by atomic mass is 9.71. The molecule has 0 aromatic rings. The molecule has 2 heteroatoms. The van der Waals surface area contributed by atoms with Gasteiger partial charge in [0.15, 0.2) is 0 Å². The van der Waals surface area contributed by atoms with Crippen molar-refractivity contribution in [1.82, 2.24) is 0 Å². The van der Waals surface area contributed by atoms with Gasteiger partial charge < -0.3 is 5.11 Å². The van der Waals surface area contributed by atoms with E-state index in [1.807, 2.05) is 32.1 Å². The van der Waals surface area contributed by atoms with Crippen LogP contribution in [0.5, 0.6) is 0 Å². The predicted molar refractivity (Wildman–Crippen MR) is 114 cm³/mol. The molecule has 0 bridgehead atoms. The molecule has 0 heterocycles. The molecule has 1 unspecified atom stereocenters. The highest BCUT2D eigenvalue weighted by atomic mass is 16.4. The fraction of sp³-hybridized carbons (Fsp3) is 0.625. The van der Waals surface area contributed by atoms with E-state index in [0.717, 1.165) is 5.57 Å². The average molecular weight is 361 g/mol. The van der Waals surface area contributed by atoms with Gasteiger partial charge in [-0.15, -0.1) is 0 Å². The molecule has 0 aromatic carbocycles. The number of allylic oxidation sites excluding steroid dienone is 7. The monoisotopic (exact) mass is 360 g/mol. The topological polar surface area (TPSA) is 37.3 Å². The van der Waals surface area contributed by atoms with Gasteiger partial charge in [-0.1, -0.05) is 70.1 Å². The van der Waals surface area contributed by atoms with Crippen LogP contribution in [-0.2, 0) is 4.79 Å². The number of hydrogen-bond donors (Lipinski definition) is 1. The summed E-state index contributed by atoms with van der Waals surface area (Å²) in [5.74, 6) is -0.351. The standard InChI is InChI=1S/C22H34O2.C2H6/c1-17(10-6-7-11-18(2)16-21(23)24)12-8-14-20-19(3)13-9-15-22(20,4)5;1-2/h6-7,10-11,16-17H,8-9,12-15H2,1-5H3,(H,23,24);1-2H3/b10-6?,11-7+,18-16+;. The van der Waals surface area contributed by atoms with E-state index >= 15 is 0 Å². The molecular formula is C24H40O2. The van der Waals surface area contributed by atoms with Gasteiger partial charge in [-0.05, 0) is 69.3 Å². The minimum atomic E-state index is -0.898. The molecule has 1 N–H and O–H groups in total. The molecule has 0 saturated heterocycles. The number of aliphatic carboxylic acids is 1. The lowest BCUT2D eigenvalue weighted by molar-refractivity contribution is -0.131. The molecule has 1 aliphatic rings. The van der Waals surface area contributed by atoms with Crippen molar-refractivity contribution in [3.63, 3.8) is 0 Å². The Bertz CT molecular complexity index is 545. The summed E-state index contributed by atoms with van der Waals surface area (Å²) in [7, 11) is 0. The molecule has 1 atom stereocenters. The molecule has 148 valence electrons. The van der Waals surface area contributed by atoms with Crippen LogP contribution in [0.1, 0.15) is 87.0 Å². The lowest BCUT2D eigenvalue weighted by Crippen LogP contribution is -2.20. The second-order valence-electron chi connectivity index (χ2n) is 7.84. The first-order valence-electron chi connectivity index (χ1n) is 10.2. The molecule has 0 saturated carbocycles. The van der Waals surface area contributed by atoms with Crippen molar-refractivity contribution in [1.29, 1.82) is 0 Å². The van der Waals surface area contributed by atoms with Gasteiger partial charge >= 0.3 is 5.97 Å². The first kappa shape index (κ1) is 24.4. The molecular weight excluding hydrogens is 320 g/mol. The van der Waals surface area contributed by atoms with Crippen LogP contribution in [0.15, 0.2) is 47.1 Å². The van der Waals surface area contributed by atoms with Crippen LogP contribution in [-0.4, -0.2) is 11.1 Å². The number of carbonyl (C=O) groups is 1. The Hall–Kier alpha value is -1.57. The lowest BCUT2D eigenvalue weighted by Gasteiger charge is -2.35. The Kier molecular flexibility index (Phi) is 12.0. The van der Waals surface area contributed by atoms with Gasteiger partial charge in [0.05, 0.1) is 0 Å². The third-order valence-electron chi connectivity index (χ3n) is 5.03. The maximum atomic E-state index is 10.5. The second kappa shape index (κ2) is 12.7. The predicted octanol–water partition coefficient (Wildman–Crippen LogP) is 7.49. The Morgan fingerprint density at radius 1 is 1.27 bits per heavy atom. The maximum Gasteiger partial charge on any atom is 0.328 e. The van der Waals surface area contributed by atoms with E-state index in [4.69, 9.17) is 5.11 Å². The van der Waals surface area contributed by atoms with Gasteiger partial charge in [-0.25, -0.2) is 4.79 Å². The maximum absolute atomic E-state index is 10.5. The molecule has 2 nitrogen and oxygen atoms in total. The Labute approximate surface area is 161 Å². The Morgan fingerprint density at radius 2 is 1.92 bits per heavy atom. The summed E-state index contributed by atoms with van der Waals surface area (Å²) in [5, 5.41) is 8.66. The van der Waals surface area contributed by atoms with Crippen LogP contribution in [0.4, 0.5) is 0 Å². The summed E-state index contributed by atoms with van der Waals surface area (Å²) in [6.45, 7) is 15.1. The molecule has 0 amide bonds.